The Labute approximate surface area is 194 Å². The van der Waals surface area contributed by atoms with Gasteiger partial charge in [0.2, 0.25) is 0 Å². The average molecular weight is 450 g/mol. The van der Waals surface area contributed by atoms with E-state index in [1.54, 1.807) is 4.90 Å². The van der Waals surface area contributed by atoms with Crippen LogP contribution in [0.5, 0.6) is 0 Å². The predicted molar refractivity (Wildman–Crippen MR) is 124 cm³/mol. The maximum absolute atomic E-state index is 13.2. The number of ether oxygens (including phenoxy) is 2. The van der Waals surface area contributed by atoms with Crippen molar-refractivity contribution in [3.8, 4) is 11.1 Å². The lowest BCUT2D eigenvalue weighted by atomic mass is 9.91. The van der Waals surface area contributed by atoms with Gasteiger partial charge in [-0.3, -0.25) is 4.79 Å². The average Bonchev–Trinajstić information content (AvgIpc) is 3.43. The summed E-state index contributed by atoms with van der Waals surface area (Å²) in [5.41, 5.74) is 4.12. The first-order valence-electron chi connectivity index (χ1n) is 11.8. The number of aliphatic hydroxyl groups excluding tert-OH is 1. The summed E-state index contributed by atoms with van der Waals surface area (Å²) < 4.78 is 11.4. The van der Waals surface area contributed by atoms with Gasteiger partial charge in [0.05, 0.1) is 18.6 Å². The van der Waals surface area contributed by atoms with Crippen LogP contribution in [0, 0.1) is 11.8 Å². The first kappa shape index (κ1) is 22.0. The van der Waals surface area contributed by atoms with E-state index >= 15 is 0 Å². The molecule has 0 radical (unpaired) electrons. The largest absolute Gasteiger partial charge is 0.464 e. The van der Waals surface area contributed by atoms with Crippen LogP contribution in [0.15, 0.2) is 48.5 Å². The van der Waals surface area contributed by atoms with Crippen LogP contribution in [-0.4, -0.2) is 53.0 Å². The molecule has 1 unspecified atom stereocenters. The Morgan fingerprint density at radius 1 is 1.00 bits per heavy atom. The van der Waals surface area contributed by atoms with Crippen LogP contribution in [0.4, 0.5) is 4.79 Å². The minimum absolute atomic E-state index is 0.00492. The molecule has 6 nitrogen and oxygen atoms in total. The van der Waals surface area contributed by atoms with Gasteiger partial charge in [-0.25, -0.2) is 4.79 Å². The highest BCUT2D eigenvalue weighted by Crippen LogP contribution is 2.46. The Hall–Kier alpha value is -2.86. The van der Waals surface area contributed by atoms with E-state index in [-0.39, 0.29) is 37.0 Å². The van der Waals surface area contributed by atoms with Crippen molar-refractivity contribution in [2.24, 2.45) is 11.8 Å². The van der Waals surface area contributed by atoms with Gasteiger partial charge in [0.25, 0.3) is 0 Å². The Kier molecular flexibility index (Phi) is 5.44. The lowest BCUT2D eigenvalue weighted by molar-refractivity contribution is -0.151. The molecule has 2 aliphatic carbocycles. The van der Waals surface area contributed by atoms with Gasteiger partial charge in [-0.2, -0.15) is 0 Å². The highest BCUT2D eigenvalue weighted by molar-refractivity contribution is 5.79. The number of carbonyl (C=O) groups excluding carboxylic acids is 2. The molecule has 2 fully saturated rings. The first-order chi connectivity index (χ1) is 15.7. The maximum Gasteiger partial charge on any atom is 0.410 e. The number of hydrogen-bond donors (Lipinski definition) is 1. The van der Waals surface area contributed by atoms with Crippen molar-refractivity contribution in [1.82, 2.24) is 4.90 Å². The molecule has 2 aromatic rings. The smallest absolute Gasteiger partial charge is 0.410 e. The lowest BCUT2D eigenvalue weighted by Gasteiger charge is -2.28. The summed E-state index contributed by atoms with van der Waals surface area (Å²) in [6.07, 6.45) is 0.0794. The van der Waals surface area contributed by atoms with Gasteiger partial charge < -0.3 is 19.5 Å². The molecule has 1 saturated heterocycles. The van der Waals surface area contributed by atoms with Crippen LogP contribution in [0.1, 0.15) is 50.7 Å². The molecule has 0 spiro atoms. The summed E-state index contributed by atoms with van der Waals surface area (Å²) in [7, 11) is 0. The van der Waals surface area contributed by atoms with Crippen LogP contribution in [-0.2, 0) is 14.3 Å². The Bertz CT molecular complexity index is 1030. The van der Waals surface area contributed by atoms with Crippen molar-refractivity contribution < 1.29 is 24.2 Å². The van der Waals surface area contributed by atoms with E-state index in [4.69, 9.17) is 9.47 Å². The van der Waals surface area contributed by atoms with Gasteiger partial charge in [-0.1, -0.05) is 48.5 Å². The summed E-state index contributed by atoms with van der Waals surface area (Å²) in [5.74, 6) is -1.00. The molecule has 5 rings (SSSR count). The van der Waals surface area contributed by atoms with E-state index in [9.17, 15) is 14.7 Å². The second-order valence-electron chi connectivity index (χ2n) is 10.4. The van der Waals surface area contributed by atoms with Gasteiger partial charge in [0.15, 0.2) is 0 Å². The number of nitrogens with zero attached hydrogens (tertiary/aromatic N) is 1. The maximum atomic E-state index is 13.2. The monoisotopic (exact) mass is 449 g/mol. The predicted octanol–water partition coefficient (Wildman–Crippen LogP) is 4.35. The molecule has 4 atom stereocenters. The first-order valence-corrected chi connectivity index (χ1v) is 11.8. The van der Waals surface area contributed by atoms with Gasteiger partial charge >= 0.3 is 12.1 Å². The molecular weight excluding hydrogens is 418 g/mol. The topological polar surface area (TPSA) is 76.1 Å². The molecule has 1 amide bonds. The summed E-state index contributed by atoms with van der Waals surface area (Å²) >= 11 is 0. The molecule has 1 aliphatic heterocycles. The quantitative estimate of drug-likeness (QED) is 0.705. The highest BCUT2D eigenvalue weighted by atomic mass is 16.6. The zero-order chi connectivity index (χ0) is 23.3. The Morgan fingerprint density at radius 3 is 2.21 bits per heavy atom. The number of aliphatic hydroxyl groups is 1. The van der Waals surface area contributed by atoms with E-state index in [1.165, 1.54) is 22.3 Å². The molecule has 3 aliphatic rings. The molecule has 2 aromatic carbocycles. The molecule has 0 aromatic heterocycles. The van der Waals surface area contributed by atoms with Gasteiger partial charge in [0, 0.05) is 17.9 Å². The number of esters is 1. The van der Waals surface area contributed by atoms with Crippen molar-refractivity contribution in [1.29, 1.82) is 0 Å². The second kappa shape index (κ2) is 8.17. The minimum Gasteiger partial charge on any atom is -0.464 e. The van der Waals surface area contributed by atoms with Crippen LogP contribution in [0.25, 0.3) is 11.1 Å². The van der Waals surface area contributed by atoms with Crippen molar-refractivity contribution >= 4 is 12.1 Å². The van der Waals surface area contributed by atoms with Crippen LogP contribution >= 0.6 is 0 Å². The molecule has 174 valence electrons. The van der Waals surface area contributed by atoms with Crippen molar-refractivity contribution in [2.45, 2.75) is 57.3 Å². The number of benzene rings is 2. The number of likely N-dealkylation sites (tertiary alicyclic amines) is 1. The van der Waals surface area contributed by atoms with Crippen molar-refractivity contribution in [2.75, 3.05) is 13.2 Å². The molecule has 0 bridgehead atoms. The van der Waals surface area contributed by atoms with E-state index in [0.29, 0.717) is 12.8 Å². The van der Waals surface area contributed by atoms with E-state index in [0.717, 1.165) is 0 Å². The van der Waals surface area contributed by atoms with Gasteiger partial charge in [-0.15, -0.1) is 0 Å². The second-order valence-corrected chi connectivity index (χ2v) is 10.4. The minimum atomic E-state index is -0.754. The fourth-order valence-corrected chi connectivity index (χ4v) is 5.87. The summed E-state index contributed by atoms with van der Waals surface area (Å²) in [5, 5.41) is 10.7. The lowest BCUT2D eigenvalue weighted by Crippen LogP contribution is -2.40. The normalized spacial score (nSPS) is 26.0. The fraction of sp³-hybridized carbons (Fsp3) is 0.481. The zero-order valence-electron chi connectivity index (χ0n) is 19.4. The van der Waals surface area contributed by atoms with Crippen molar-refractivity contribution in [3.05, 3.63) is 59.7 Å². The number of hydrogen-bond acceptors (Lipinski definition) is 5. The number of β-amino-alcohol motifs (C(OH)–C–C–N with tert-alkyl or cyclic N) is 1. The highest BCUT2D eigenvalue weighted by Gasteiger charge is 2.54. The third-order valence-electron chi connectivity index (χ3n) is 7.20. The Balaban J connectivity index is 1.28. The zero-order valence-corrected chi connectivity index (χ0v) is 19.4. The molecule has 33 heavy (non-hydrogen) atoms. The van der Waals surface area contributed by atoms with Crippen LogP contribution in [0.2, 0.25) is 0 Å². The summed E-state index contributed by atoms with van der Waals surface area (Å²) in [4.78, 5) is 27.4. The standard InChI is InChI=1S/C27H31NO5/c1-27(2,3)33-26(31)28-14-23(29)24-20(12-13-22(24)28)25(30)32-15-21-18-10-6-4-8-16(18)17-9-5-7-11-19(17)21/h4-11,20-24,29H,12-15H2,1-3H3/t20?,22-,23+,24+/m1/s1. The Morgan fingerprint density at radius 2 is 1.61 bits per heavy atom. The number of rotatable bonds is 3. The molecule has 6 heteroatoms. The van der Waals surface area contributed by atoms with E-state index in [1.807, 2.05) is 45.0 Å². The van der Waals surface area contributed by atoms with E-state index in [2.05, 4.69) is 24.3 Å². The van der Waals surface area contributed by atoms with Crippen molar-refractivity contribution in [3.63, 3.8) is 0 Å². The third-order valence-corrected chi connectivity index (χ3v) is 7.20. The molecule has 1 N–H and O–H groups in total. The van der Waals surface area contributed by atoms with Crippen LogP contribution in [0.3, 0.4) is 0 Å². The van der Waals surface area contributed by atoms with Gasteiger partial charge in [0.1, 0.15) is 12.2 Å². The number of amides is 1. The molecule has 1 heterocycles. The summed E-state index contributed by atoms with van der Waals surface area (Å²) in [6, 6.07) is 16.3. The number of carbonyl (C=O) groups is 2. The van der Waals surface area contributed by atoms with Gasteiger partial charge in [-0.05, 0) is 55.9 Å². The number of fused-ring (bicyclic) bond motifs is 4. The molecule has 1 saturated carbocycles. The fourth-order valence-electron chi connectivity index (χ4n) is 5.87. The van der Waals surface area contributed by atoms with Crippen LogP contribution < -0.4 is 0 Å². The van der Waals surface area contributed by atoms with E-state index < -0.39 is 23.7 Å². The molecular formula is C27H31NO5. The summed E-state index contributed by atoms with van der Waals surface area (Å²) in [6.45, 7) is 5.93. The SMILES string of the molecule is CC(C)(C)OC(=O)N1C[C@H](O)[C@H]2C(C(=O)OCC3c4ccccc4-c4ccccc43)CC[C@H]21. The third kappa shape index (κ3) is 3.90.